The third-order valence-corrected chi connectivity index (χ3v) is 9.43. The van der Waals surface area contributed by atoms with E-state index in [1.807, 2.05) is 85.8 Å². The van der Waals surface area contributed by atoms with E-state index in [0.717, 1.165) is 32.3 Å². The summed E-state index contributed by atoms with van der Waals surface area (Å²) in [4.78, 5) is 29.3. The van der Waals surface area contributed by atoms with Crippen LogP contribution in [0.4, 0.5) is 16.4 Å². The maximum absolute atomic E-state index is 13.8. The van der Waals surface area contributed by atoms with Crippen LogP contribution in [0.25, 0.3) is 0 Å². The molecule has 1 aromatic heterocycles. The number of thioether (sulfide) groups is 1. The maximum Gasteiger partial charge on any atom is 0.243 e. The smallest absolute Gasteiger partial charge is 0.243 e. The minimum Gasteiger partial charge on any atom is -0.337 e. The van der Waals surface area contributed by atoms with E-state index >= 15 is 0 Å². The average molecular weight is 612 g/mol. The van der Waals surface area contributed by atoms with Gasteiger partial charge in [0.2, 0.25) is 11.8 Å². The lowest BCUT2D eigenvalue weighted by Gasteiger charge is -2.25. The van der Waals surface area contributed by atoms with Crippen molar-refractivity contribution in [3.05, 3.63) is 106 Å². The summed E-state index contributed by atoms with van der Waals surface area (Å²) < 4.78 is 0. The third kappa shape index (κ3) is 6.99. The fourth-order valence-electron chi connectivity index (χ4n) is 4.67. The zero-order valence-electron chi connectivity index (χ0n) is 23.1. The molecule has 3 N–H and O–H groups in total. The van der Waals surface area contributed by atoms with Crippen LogP contribution in [0, 0.1) is 18.3 Å². The number of nitrogens with one attached hydrogen (secondary N) is 3. The number of hydrogen-bond acceptors (Lipinski definition) is 6. The molecule has 1 atom stereocenters. The number of thiocarbonyl (C=S) groups is 1. The van der Waals surface area contributed by atoms with Gasteiger partial charge in [0, 0.05) is 34.6 Å². The predicted octanol–water partition coefficient (Wildman–Crippen LogP) is 7.11. The van der Waals surface area contributed by atoms with Gasteiger partial charge < -0.3 is 20.9 Å². The molecule has 4 aromatic rings. The lowest BCUT2D eigenvalue weighted by atomic mass is 10.0. The molecule has 2 heterocycles. The number of rotatable bonds is 7. The summed E-state index contributed by atoms with van der Waals surface area (Å²) in [5.41, 5.74) is 5.12. The van der Waals surface area contributed by atoms with E-state index < -0.39 is 5.25 Å². The quantitative estimate of drug-likeness (QED) is 0.151. The van der Waals surface area contributed by atoms with Crippen molar-refractivity contribution in [1.82, 2.24) is 4.90 Å². The molecule has 42 heavy (non-hydrogen) atoms. The number of anilines is 3. The van der Waals surface area contributed by atoms with E-state index in [1.165, 1.54) is 28.7 Å². The zero-order chi connectivity index (χ0) is 29.6. The highest BCUT2D eigenvalue weighted by molar-refractivity contribution is 8.00. The molecule has 0 saturated carbocycles. The molecule has 3 aromatic carbocycles. The summed E-state index contributed by atoms with van der Waals surface area (Å²) >= 11 is 8.31. The van der Waals surface area contributed by atoms with E-state index in [0.29, 0.717) is 35.2 Å². The van der Waals surface area contributed by atoms with Gasteiger partial charge in [0.25, 0.3) is 0 Å². The summed E-state index contributed by atoms with van der Waals surface area (Å²) in [5, 5.41) is 19.8. The molecule has 2 amide bonds. The molecular weight excluding hydrogens is 583 g/mol. The number of fused-ring (bicyclic) bond motifs is 1. The lowest BCUT2D eigenvalue weighted by molar-refractivity contribution is -0.129. The second kappa shape index (κ2) is 13.2. The highest BCUT2D eigenvalue weighted by Gasteiger charge is 2.29. The Morgan fingerprint density at radius 3 is 2.45 bits per heavy atom. The number of carbonyl (C=O) groups is 2. The highest BCUT2D eigenvalue weighted by Crippen LogP contribution is 2.40. The third-order valence-electron chi connectivity index (χ3n) is 6.85. The monoisotopic (exact) mass is 611 g/mol. The molecule has 212 valence electrons. The van der Waals surface area contributed by atoms with Crippen molar-refractivity contribution in [2.75, 3.05) is 22.5 Å². The van der Waals surface area contributed by atoms with Crippen LogP contribution in [0.3, 0.4) is 0 Å². The van der Waals surface area contributed by atoms with Crippen molar-refractivity contribution in [1.29, 1.82) is 5.26 Å². The van der Waals surface area contributed by atoms with Gasteiger partial charge in [-0.2, -0.15) is 5.26 Å². The Morgan fingerprint density at radius 2 is 1.74 bits per heavy atom. The number of benzene rings is 3. The van der Waals surface area contributed by atoms with Crippen LogP contribution in [-0.2, 0) is 22.6 Å². The van der Waals surface area contributed by atoms with Gasteiger partial charge >= 0.3 is 0 Å². The SMILES string of the molecule is CC(=O)N1CCc2c(sc(NC(=O)C(Sc3cccc(NC(=S)Nc4ccc(C)cc4)c3)c3ccccc3)c2C#N)C1. The topological polar surface area (TPSA) is 97.3 Å². The van der Waals surface area contributed by atoms with Gasteiger partial charge in [0.05, 0.1) is 12.1 Å². The second-order valence-electron chi connectivity index (χ2n) is 9.88. The summed E-state index contributed by atoms with van der Waals surface area (Å²) in [6.07, 6.45) is 0.599. The first-order chi connectivity index (χ1) is 20.3. The minimum absolute atomic E-state index is 0.00194. The van der Waals surface area contributed by atoms with Crippen LogP contribution in [0.1, 0.15) is 39.3 Å². The minimum atomic E-state index is -0.571. The van der Waals surface area contributed by atoms with Gasteiger partial charge in [-0.25, -0.2) is 0 Å². The molecule has 0 fully saturated rings. The van der Waals surface area contributed by atoms with E-state index in [4.69, 9.17) is 12.2 Å². The molecule has 1 aliphatic heterocycles. The van der Waals surface area contributed by atoms with Crippen molar-refractivity contribution < 1.29 is 9.59 Å². The van der Waals surface area contributed by atoms with Gasteiger partial charge in [-0.1, -0.05) is 54.1 Å². The number of thiophene rings is 1. The predicted molar refractivity (Wildman–Crippen MR) is 175 cm³/mol. The molecular formula is C32H29N5O2S3. The molecule has 0 saturated heterocycles. The molecule has 5 rings (SSSR count). The Hall–Kier alpha value is -4.17. The van der Waals surface area contributed by atoms with Crippen LogP contribution in [0.15, 0.2) is 83.8 Å². The summed E-state index contributed by atoms with van der Waals surface area (Å²) in [5.74, 6) is -0.221. The van der Waals surface area contributed by atoms with Crippen molar-refractivity contribution in [2.24, 2.45) is 0 Å². The molecule has 0 aliphatic carbocycles. The Morgan fingerprint density at radius 1 is 1.00 bits per heavy atom. The first-order valence-corrected chi connectivity index (χ1v) is 15.5. The van der Waals surface area contributed by atoms with Crippen molar-refractivity contribution >= 4 is 68.6 Å². The van der Waals surface area contributed by atoms with Crippen LogP contribution >= 0.6 is 35.3 Å². The van der Waals surface area contributed by atoms with Gasteiger partial charge in [0.15, 0.2) is 5.11 Å². The molecule has 0 spiro atoms. The highest BCUT2D eigenvalue weighted by atomic mass is 32.2. The van der Waals surface area contributed by atoms with Crippen LogP contribution in [0.5, 0.6) is 0 Å². The fraction of sp³-hybridized carbons (Fsp3) is 0.188. The molecule has 7 nitrogen and oxygen atoms in total. The Labute approximate surface area is 258 Å². The van der Waals surface area contributed by atoms with Crippen LogP contribution in [-0.4, -0.2) is 28.4 Å². The molecule has 0 radical (unpaired) electrons. The Kier molecular flexibility index (Phi) is 9.22. The summed E-state index contributed by atoms with van der Waals surface area (Å²) in [6.45, 7) is 4.60. The van der Waals surface area contributed by atoms with E-state index in [9.17, 15) is 14.9 Å². The van der Waals surface area contributed by atoms with Crippen molar-refractivity contribution in [3.63, 3.8) is 0 Å². The number of nitriles is 1. The lowest BCUT2D eigenvalue weighted by Crippen LogP contribution is -2.33. The second-order valence-corrected chi connectivity index (χ2v) is 12.6. The van der Waals surface area contributed by atoms with Gasteiger partial charge in [-0.15, -0.1) is 23.1 Å². The van der Waals surface area contributed by atoms with Crippen LogP contribution in [0.2, 0.25) is 0 Å². The first-order valence-electron chi connectivity index (χ1n) is 13.4. The number of hydrogen-bond donors (Lipinski definition) is 3. The number of amides is 2. The summed E-state index contributed by atoms with van der Waals surface area (Å²) in [7, 11) is 0. The van der Waals surface area contributed by atoms with Gasteiger partial charge in [-0.05, 0) is 67.0 Å². The van der Waals surface area contributed by atoms with Crippen molar-refractivity contribution in [2.45, 2.75) is 37.0 Å². The Balaban J connectivity index is 1.34. The number of aryl methyl sites for hydroxylation is 1. The van der Waals surface area contributed by atoms with Crippen molar-refractivity contribution in [3.8, 4) is 6.07 Å². The van der Waals surface area contributed by atoms with E-state index in [1.54, 1.807) is 11.8 Å². The largest absolute Gasteiger partial charge is 0.337 e. The number of nitrogens with zero attached hydrogens (tertiary/aromatic N) is 2. The number of carbonyl (C=O) groups excluding carboxylic acids is 2. The van der Waals surface area contributed by atoms with E-state index in [2.05, 4.69) is 22.0 Å². The summed E-state index contributed by atoms with van der Waals surface area (Å²) in [6, 6.07) is 27.6. The molecule has 1 aliphatic rings. The molecule has 0 bridgehead atoms. The van der Waals surface area contributed by atoms with Crippen LogP contribution < -0.4 is 16.0 Å². The fourth-order valence-corrected chi connectivity index (χ4v) is 7.21. The average Bonchev–Trinajstić information content (AvgIpc) is 3.33. The zero-order valence-corrected chi connectivity index (χ0v) is 25.6. The van der Waals surface area contributed by atoms with Gasteiger partial charge in [0.1, 0.15) is 16.3 Å². The molecule has 1 unspecified atom stereocenters. The van der Waals surface area contributed by atoms with E-state index in [-0.39, 0.29) is 11.8 Å². The Bertz CT molecular complexity index is 1660. The maximum atomic E-state index is 13.8. The first kappa shape index (κ1) is 29.3. The van der Waals surface area contributed by atoms with Gasteiger partial charge in [-0.3, -0.25) is 9.59 Å². The normalized spacial score (nSPS) is 12.9. The standard InChI is InChI=1S/C32H29N5O2S3/c1-20-11-13-23(14-12-20)34-32(40)35-24-9-6-10-25(17-24)41-29(22-7-4-3-5-8-22)30(39)36-31-27(18-33)26-15-16-37(21(2)38)19-28(26)42-31/h3-14,17,29H,15-16,19H2,1-2H3,(H,36,39)(H2,34,35,40). The molecule has 10 heteroatoms.